The lowest BCUT2D eigenvalue weighted by Gasteiger charge is -2.39. The van der Waals surface area contributed by atoms with Gasteiger partial charge in [0, 0.05) is 24.7 Å². The average Bonchev–Trinajstić information content (AvgIpc) is 2.38. The Morgan fingerprint density at radius 2 is 2.22 bits per heavy atom. The lowest BCUT2D eigenvalue weighted by molar-refractivity contribution is 0.0110. The van der Waals surface area contributed by atoms with Crippen molar-refractivity contribution < 1.29 is 5.11 Å². The molecule has 0 unspecified atom stereocenters. The van der Waals surface area contributed by atoms with Gasteiger partial charge in [-0.3, -0.25) is 4.98 Å². The van der Waals surface area contributed by atoms with Crippen LogP contribution in [0.3, 0.4) is 0 Å². The SMILES string of the molecule is CCc1ccc(N2CCC[C@@H](C(C)(C)O)C2)cn1. The summed E-state index contributed by atoms with van der Waals surface area (Å²) in [6.45, 7) is 7.95. The van der Waals surface area contributed by atoms with Gasteiger partial charge in [-0.05, 0) is 45.2 Å². The van der Waals surface area contributed by atoms with E-state index < -0.39 is 5.60 Å². The van der Waals surface area contributed by atoms with Gasteiger partial charge in [0.25, 0.3) is 0 Å². The molecule has 0 spiro atoms. The predicted molar refractivity (Wildman–Crippen MR) is 74.8 cm³/mol. The molecule has 18 heavy (non-hydrogen) atoms. The Balaban J connectivity index is 2.08. The van der Waals surface area contributed by atoms with Gasteiger partial charge >= 0.3 is 0 Å². The van der Waals surface area contributed by atoms with E-state index in [1.807, 2.05) is 20.0 Å². The number of anilines is 1. The zero-order valence-corrected chi connectivity index (χ0v) is 11.7. The first-order chi connectivity index (χ1) is 8.50. The summed E-state index contributed by atoms with van der Waals surface area (Å²) in [5, 5.41) is 10.1. The molecule has 3 nitrogen and oxygen atoms in total. The summed E-state index contributed by atoms with van der Waals surface area (Å²) >= 11 is 0. The Labute approximate surface area is 110 Å². The number of nitrogens with zero attached hydrogens (tertiary/aromatic N) is 2. The Kier molecular flexibility index (Phi) is 3.91. The van der Waals surface area contributed by atoms with Crippen LogP contribution >= 0.6 is 0 Å². The maximum Gasteiger partial charge on any atom is 0.0636 e. The quantitative estimate of drug-likeness (QED) is 0.893. The molecule has 0 aromatic carbocycles. The third-order valence-electron chi connectivity index (χ3n) is 3.96. The summed E-state index contributed by atoms with van der Waals surface area (Å²) in [6, 6.07) is 4.25. The van der Waals surface area contributed by atoms with Crippen molar-refractivity contribution in [2.24, 2.45) is 5.92 Å². The number of hydrogen-bond acceptors (Lipinski definition) is 3. The standard InChI is InChI=1S/C15H24N2O/c1-4-13-7-8-14(10-16-13)17-9-5-6-12(11-17)15(2,3)18/h7-8,10,12,18H,4-6,9,11H2,1-3H3/t12-/m1/s1. The normalized spacial score (nSPS) is 21.1. The molecule has 0 radical (unpaired) electrons. The summed E-state index contributed by atoms with van der Waals surface area (Å²) in [6.07, 6.45) is 5.20. The highest BCUT2D eigenvalue weighted by Crippen LogP contribution is 2.29. The molecule has 100 valence electrons. The molecule has 3 heteroatoms. The Bertz CT molecular complexity index is 380. The van der Waals surface area contributed by atoms with E-state index >= 15 is 0 Å². The van der Waals surface area contributed by atoms with Crippen molar-refractivity contribution in [3.8, 4) is 0 Å². The van der Waals surface area contributed by atoms with Crippen LogP contribution in [-0.4, -0.2) is 28.8 Å². The number of hydrogen-bond donors (Lipinski definition) is 1. The van der Waals surface area contributed by atoms with Crippen molar-refractivity contribution in [2.45, 2.75) is 45.6 Å². The monoisotopic (exact) mass is 248 g/mol. The minimum Gasteiger partial charge on any atom is -0.390 e. The van der Waals surface area contributed by atoms with E-state index in [2.05, 4.69) is 28.9 Å². The van der Waals surface area contributed by atoms with Gasteiger partial charge in [0.05, 0.1) is 17.5 Å². The summed E-state index contributed by atoms with van der Waals surface area (Å²) in [7, 11) is 0. The molecule has 2 heterocycles. The average molecular weight is 248 g/mol. The highest BCUT2D eigenvalue weighted by molar-refractivity contribution is 5.45. The van der Waals surface area contributed by atoms with E-state index in [1.165, 1.54) is 5.69 Å². The summed E-state index contributed by atoms with van der Waals surface area (Å²) in [4.78, 5) is 6.80. The molecule has 1 aromatic rings. The van der Waals surface area contributed by atoms with E-state index in [9.17, 15) is 5.11 Å². The van der Waals surface area contributed by atoms with Gasteiger partial charge < -0.3 is 10.0 Å². The smallest absolute Gasteiger partial charge is 0.0636 e. The topological polar surface area (TPSA) is 36.4 Å². The van der Waals surface area contributed by atoms with Gasteiger partial charge in [0.1, 0.15) is 0 Å². The predicted octanol–water partition coefficient (Wildman–Crippen LogP) is 2.63. The minimum absolute atomic E-state index is 0.345. The van der Waals surface area contributed by atoms with Crippen LogP contribution in [0.4, 0.5) is 5.69 Å². The number of piperidine rings is 1. The van der Waals surface area contributed by atoms with Crippen molar-refractivity contribution in [1.29, 1.82) is 0 Å². The summed E-state index contributed by atoms with van der Waals surface area (Å²) in [5.41, 5.74) is 1.73. The maximum absolute atomic E-state index is 10.1. The van der Waals surface area contributed by atoms with Gasteiger partial charge in [0.2, 0.25) is 0 Å². The zero-order chi connectivity index (χ0) is 13.2. The second-order valence-electron chi connectivity index (χ2n) is 5.80. The van der Waals surface area contributed by atoms with Gasteiger partial charge in [-0.25, -0.2) is 0 Å². The van der Waals surface area contributed by atoms with Crippen LogP contribution in [0.15, 0.2) is 18.3 Å². The fraction of sp³-hybridized carbons (Fsp3) is 0.667. The fourth-order valence-electron chi connectivity index (χ4n) is 2.60. The number of rotatable bonds is 3. The van der Waals surface area contributed by atoms with E-state index in [0.717, 1.165) is 38.0 Å². The molecular formula is C15H24N2O. The molecule has 1 atom stereocenters. The second-order valence-corrected chi connectivity index (χ2v) is 5.80. The Morgan fingerprint density at radius 1 is 1.44 bits per heavy atom. The first-order valence-electron chi connectivity index (χ1n) is 6.93. The van der Waals surface area contributed by atoms with Gasteiger partial charge in [-0.2, -0.15) is 0 Å². The molecule has 1 aliphatic heterocycles. The van der Waals surface area contributed by atoms with Gasteiger partial charge in [-0.1, -0.05) is 6.92 Å². The van der Waals surface area contributed by atoms with Crippen LogP contribution in [-0.2, 0) is 6.42 Å². The summed E-state index contributed by atoms with van der Waals surface area (Å²) in [5.74, 6) is 0.345. The van der Waals surface area contributed by atoms with Gasteiger partial charge in [0.15, 0.2) is 0 Å². The molecule has 1 saturated heterocycles. The molecule has 0 amide bonds. The molecular weight excluding hydrogens is 224 g/mol. The molecule has 1 aliphatic rings. The number of aryl methyl sites for hydroxylation is 1. The maximum atomic E-state index is 10.1. The third-order valence-corrected chi connectivity index (χ3v) is 3.96. The lowest BCUT2D eigenvalue weighted by Crippen LogP contribution is -2.44. The highest BCUT2D eigenvalue weighted by atomic mass is 16.3. The summed E-state index contributed by atoms with van der Waals surface area (Å²) < 4.78 is 0. The largest absolute Gasteiger partial charge is 0.390 e. The second kappa shape index (κ2) is 5.27. The zero-order valence-electron chi connectivity index (χ0n) is 11.7. The number of aliphatic hydroxyl groups is 1. The molecule has 0 bridgehead atoms. The molecule has 1 N–H and O–H groups in total. The van der Waals surface area contributed by atoms with E-state index in [1.54, 1.807) is 0 Å². The van der Waals surface area contributed by atoms with Crippen LogP contribution in [0.5, 0.6) is 0 Å². The first kappa shape index (κ1) is 13.3. The van der Waals surface area contributed by atoms with Gasteiger partial charge in [-0.15, -0.1) is 0 Å². The highest BCUT2D eigenvalue weighted by Gasteiger charge is 2.31. The lowest BCUT2D eigenvalue weighted by atomic mass is 9.84. The number of aromatic nitrogens is 1. The molecule has 2 rings (SSSR count). The third kappa shape index (κ3) is 3.02. The van der Waals surface area contributed by atoms with E-state index in [-0.39, 0.29) is 0 Å². The van der Waals surface area contributed by atoms with E-state index in [0.29, 0.717) is 5.92 Å². The molecule has 0 saturated carbocycles. The molecule has 0 aliphatic carbocycles. The van der Waals surface area contributed by atoms with Crippen molar-refractivity contribution in [2.75, 3.05) is 18.0 Å². The van der Waals surface area contributed by atoms with Crippen LogP contribution in [0.2, 0.25) is 0 Å². The van der Waals surface area contributed by atoms with Crippen molar-refractivity contribution in [3.05, 3.63) is 24.0 Å². The van der Waals surface area contributed by atoms with Crippen molar-refractivity contribution >= 4 is 5.69 Å². The minimum atomic E-state index is -0.588. The number of pyridine rings is 1. The Hall–Kier alpha value is -1.09. The van der Waals surface area contributed by atoms with E-state index in [4.69, 9.17) is 0 Å². The van der Waals surface area contributed by atoms with Crippen molar-refractivity contribution in [3.63, 3.8) is 0 Å². The molecule has 1 aromatic heterocycles. The van der Waals surface area contributed by atoms with Crippen molar-refractivity contribution in [1.82, 2.24) is 4.98 Å². The molecule has 1 fully saturated rings. The Morgan fingerprint density at radius 3 is 2.78 bits per heavy atom. The fourth-order valence-corrected chi connectivity index (χ4v) is 2.60. The van der Waals surface area contributed by atoms with Crippen LogP contribution < -0.4 is 4.90 Å². The first-order valence-corrected chi connectivity index (χ1v) is 6.93. The van der Waals surface area contributed by atoms with Crippen LogP contribution in [0, 0.1) is 5.92 Å². The van der Waals surface area contributed by atoms with Crippen LogP contribution in [0.1, 0.15) is 39.3 Å². The van der Waals surface area contributed by atoms with Crippen LogP contribution in [0.25, 0.3) is 0 Å².